The third-order valence-electron chi connectivity index (χ3n) is 4.96. The molecule has 1 saturated heterocycles. The summed E-state index contributed by atoms with van der Waals surface area (Å²) < 4.78 is 19.7. The Labute approximate surface area is 172 Å². The monoisotopic (exact) mass is 408 g/mol. The van der Waals surface area contributed by atoms with Crippen LogP contribution in [-0.4, -0.2) is 42.1 Å². The average molecular weight is 408 g/mol. The summed E-state index contributed by atoms with van der Waals surface area (Å²) in [6.45, 7) is 1.78. The number of amides is 1. The van der Waals surface area contributed by atoms with Gasteiger partial charge in [-0.3, -0.25) is 9.59 Å². The third-order valence-corrected chi connectivity index (χ3v) is 4.96. The van der Waals surface area contributed by atoms with Crippen molar-refractivity contribution in [3.63, 3.8) is 0 Å². The maximum atomic E-state index is 14.5. The Bertz CT molecular complexity index is 1180. The molecule has 3 aromatic rings. The number of para-hydroxylation sites is 1. The van der Waals surface area contributed by atoms with E-state index >= 15 is 0 Å². The van der Waals surface area contributed by atoms with Gasteiger partial charge in [0.2, 0.25) is 0 Å². The van der Waals surface area contributed by atoms with Gasteiger partial charge in [0, 0.05) is 30.5 Å². The lowest BCUT2D eigenvalue weighted by molar-refractivity contribution is 0.0300. The quantitative estimate of drug-likeness (QED) is 0.616. The van der Waals surface area contributed by atoms with Gasteiger partial charge < -0.3 is 25.7 Å². The van der Waals surface area contributed by atoms with E-state index in [1.165, 1.54) is 18.3 Å². The zero-order chi connectivity index (χ0) is 21.1. The van der Waals surface area contributed by atoms with Gasteiger partial charge in [-0.25, -0.2) is 4.39 Å². The number of pyridine rings is 1. The lowest BCUT2D eigenvalue weighted by Gasteiger charge is -2.27. The molecule has 0 atom stereocenters. The highest BCUT2D eigenvalue weighted by molar-refractivity contribution is 5.95. The first-order valence-corrected chi connectivity index (χ1v) is 9.54. The Balaban J connectivity index is 1.52. The smallest absolute Gasteiger partial charge is 0.257 e. The number of carbonyl (C=O) groups excluding carboxylic acids is 1. The first-order chi connectivity index (χ1) is 14.5. The van der Waals surface area contributed by atoms with E-state index in [0.29, 0.717) is 37.6 Å². The lowest BCUT2D eigenvalue weighted by Crippen LogP contribution is -2.41. The Hall–Kier alpha value is -3.65. The minimum Gasteiger partial charge on any atom is -0.397 e. The Morgan fingerprint density at radius 3 is 2.67 bits per heavy atom. The van der Waals surface area contributed by atoms with Crippen LogP contribution in [0.25, 0.3) is 16.6 Å². The maximum Gasteiger partial charge on any atom is 0.257 e. The number of aromatic amines is 1. The number of ether oxygens (including phenoxy) is 1. The van der Waals surface area contributed by atoms with Gasteiger partial charge in [-0.05, 0) is 35.7 Å². The molecule has 0 unspecified atom stereocenters. The molecule has 0 spiro atoms. The van der Waals surface area contributed by atoms with E-state index in [0.717, 1.165) is 10.9 Å². The summed E-state index contributed by atoms with van der Waals surface area (Å²) >= 11 is 0. The molecule has 154 valence electrons. The van der Waals surface area contributed by atoms with Crippen LogP contribution in [0, 0.1) is 5.82 Å². The first kappa shape index (κ1) is 19.7. The number of fused-ring (bicyclic) bond motifs is 1. The highest BCUT2D eigenvalue weighted by Crippen LogP contribution is 2.18. The molecule has 8 heteroatoms. The number of hydrogen-bond acceptors (Lipinski definition) is 5. The zero-order valence-corrected chi connectivity index (χ0v) is 16.2. The van der Waals surface area contributed by atoms with Crippen LogP contribution in [0.15, 0.2) is 59.5 Å². The number of anilines is 1. The molecule has 30 heavy (non-hydrogen) atoms. The fourth-order valence-corrected chi connectivity index (χ4v) is 3.32. The number of aromatic nitrogens is 1. The van der Waals surface area contributed by atoms with Gasteiger partial charge >= 0.3 is 0 Å². The van der Waals surface area contributed by atoms with E-state index in [9.17, 15) is 14.0 Å². The summed E-state index contributed by atoms with van der Waals surface area (Å²) in [4.78, 5) is 29.1. The molecule has 2 aromatic carbocycles. The van der Waals surface area contributed by atoms with Crippen LogP contribution in [0.1, 0.15) is 15.9 Å². The second-order valence-corrected chi connectivity index (χ2v) is 6.94. The molecule has 2 heterocycles. The van der Waals surface area contributed by atoms with Crippen LogP contribution in [0.5, 0.6) is 0 Å². The zero-order valence-electron chi connectivity index (χ0n) is 16.2. The first-order valence-electron chi connectivity index (χ1n) is 9.54. The normalized spacial score (nSPS) is 14.7. The van der Waals surface area contributed by atoms with Crippen molar-refractivity contribution in [2.45, 2.75) is 0 Å². The molecule has 0 bridgehead atoms. The number of rotatable bonds is 4. The van der Waals surface area contributed by atoms with Gasteiger partial charge in [0.1, 0.15) is 5.82 Å². The maximum absolute atomic E-state index is 14.5. The van der Waals surface area contributed by atoms with Crippen molar-refractivity contribution in [1.82, 2.24) is 9.88 Å². The highest BCUT2D eigenvalue weighted by Gasteiger charge is 2.21. The molecule has 0 aliphatic carbocycles. The number of nitrogens with two attached hydrogens (primary N) is 1. The van der Waals surface area contributed by atoms with Crippen molar-refractivity contribution in [2.75, 3.05) is 31.6 Å². The summed E-state index contributed by atoms with van der Waals surface area (Å²) in [6, 6.07) is 13.3. The molecule has 1 aliphatic heterocycles. The van der Waals surface area contributed by atoms with Crippen molar-refractivity contribution in [3.8, 4) is 0 Å². The standard InChI is InChI=1S/C22H21FN4O3/c23-18-12-15(5-6-16(18)22(29)27-7-9-30-10-8-27)25-13-19(24)17-11-14-3-1-2-4-20(14)26-21(17)28/h1-6,11-13,25H,7-10,24H2,(H,26,28)/b19-13-. The molecular weight excluding hydrogens is 387 g/mol. The predicted octanol–water partition coefficient (Wildman–Crippen LogP) is 2.51. The third kappa shape index (κ3) is 4.04. The number of morpholine rings is 1. The number of halogens is 1. The number of hydrogen-bond donors (Lipinski definition) is 3. The Kier molecular flexibility index (Phi) is 5.49. The van der Waals surface area contributed by atoms with Crippen LogP contribution in [-0.2, 0) is 4.74 Å². The SMILES string of the molecule is N/C(=C\Nc1ccc(C(=O)N2CCOCC2)c(F)c1)c1cc2ccccc2[nH]c1=O. The molecule has 4 N–H and O–H groups in total. The number of nitrogens with zero attached hydrogens (tertiary/aromatic N) is 1. The molecule has 1 aromatic heterocycles. The average Bonchev–Trinajstić information content (AvgIpc) is 2.77. The van der Waals surface area contributed by atoms with Crippen LogP contribution in [0.4, 0.5) is 10.1 Å². The molecule has 1 aliphatic rings. The Morgan fingerprint density at radius 2 is 1.90 bits per heavy atom. The van der Waals surface area contributed by atoms with Gasteiger partial charge in [0.05, 0.1) is 30.0 Å². The van der Waals surface area contributed by atoms with E-state index in [1.54, 1.807) is 23.1 Å². The van der Waals surface area contributed by atoms with Gasteiger partial charge in [-0.15, -0.1) is 0 Å². The van der Waals surface area contributed by atoms with Gasteiger partial charge in [-0.1, -0.05) is 18.2 Å². The summed E-state index contributed by atoms with van der Waals surface area (Å²) in [5.41, 5.74) is 7.38. The summed E-state index contributed by atoms with van der Waals surface area (Å²) in [5.74, 6) is -0.993. The van der Waals surface area contributed by atoms with Crippen LogP contribution in [0.3, 0.4) is 0 Å². The van der Waals surface area contributed by atoms with E-state index < -0.39 is 5.82 Å². The van der Waals surface area contributed by atoms with Crippen LogP contribution in [0.2, 0.25) is 0 Å². The van der Waals surface area contributed by atoms with E-state index in [-0.39, 0.29) is 22.7 Å². The van der Waals surface area contributed by atoms with Crippen molar-refractivity contribution < 1.29 is 13.9 Å². The van der Waals surface area contributed by atoms with E-state index in [1.807, 2.05) is 18.2 Å². The van der Waals surface area contributed by atoms with Crippen LogP contribution < -0.4 is 16.6 Å². The molecule has 1 amide bonds. The van der Waals surface area contributed by atoms with Crippen molar-refractivity contribution in [3.05, 3.63) is 82.0 Å². The number of benzene rings is 2. The molecule has 0 radical (unpaired) electrons. The van der Waals surface area contributed by atoms with Crippen LogP contribution >= 0.6 is 0 Å². The fourth-order valence-electron chi connectivity index (χ4n) is 3.32. The Morgan fingerprint density at radius 1 is 1.13 bits per heavy atom. The molecule has 4 rings (SSSR count). The molecule has 1 fully saturated rings. The van der Waals surface area contributed by atoms with Crippen molar-refractivity contribution >= 4 is 28.2 Å². The lowest BCUT2D eigenvalue weighted by atomic mass is 10.1. The number of H-pyrrole nitrogens is 1. The largest absolute Gasteiger partial charge is 0.397 e. The second-order valence-electron chi connectivity index (χ2n) is 6.94. The number of nitrogens with one attached hydrogen (secondary N) is 2. The number of carbonyl (C=O) groups is 1. The summed E-state index contributed by atoms with van der Waals surface area (Å²) in [6.07, 6.45) is 1.43. The molecule has 7 nitrogen and oxygen atoms in total. The van der Waals surface area contributed by atoms with Crippen molar-refractivity contribution in [1.29, 1.82) is 0 Å². The van der Waals surface area contributed by atoms with E-state index in [2.05, 4.69) is 10.3 Å². The highest BCUT2D eigenvalue weighted by atomic mass is 19.1. The minimum atomic E-state index is -0.632. The van der Waals surface area contributed by atoms with Gasteiger partial charge in [0.15, 0.2) is 0 Å². The summed E-state index contributed by atoms with van der Waals surface area (Å²) in [7, 11) is 0. The van der Waals surface area contributed by atoms with Gasteiger partial charge in [-0.2, -0.15) is 0 Å². The summed E-state index contributed by atoms with van der Waals surface area (Å²) in [5, 5.41) is 3.73. The van der Waals surface area contributed by atoms with Crippen molar-refractivity contribution in [2.24, 2.45) is 5.73 Å². The second kappa shape index (κ2) is 8.38. The van der Waals surface area contributed by atoms with E-state index in [4.69, 9.17) is 10.5 Å². The topological polar surface area (TPSA) is 100 Å². The van der Waals surface area contributed by atoms with Gasteiger partial charge in [0.25, 0.3) is 11.5 Å². The molecule has 0 saturated carbocycles. The fraction of sp³-hybridized carbons (Fsp3) is 0.182. The molecular formula is C22H21FN4O3. The predicted molar refractivity (Wildman–Crippen MR) is 113 cm³/mol. The minimum absolute atomic E-state index is 0.00498.